The van der Waals surface area contributed by atoms with Crippen LogP contribution in [-0.2, 0) is 4.79 Å². The Morgan fingerprint density at radius 2 is 1.90 bits per heavy atom. The maximum atomic E-state index is 12.5. The maximum absolute atomic E-state index is 12.5. The van der Waals surface area contributed by atoms with Crippen molar-refractivity contribution in [3.63, 3.8) is 0 Å². The predicted octanol–water partition coefficient (Wildman–Crippen LogP) is 3.20. The Labute approximate surface area is 120 Å². The number of likely N-dealkylation sites (tertiary alicyclic amines) is 1. The van der Waals surface area contributed by atoms with Gasteiger partial charge in [0.15, 0.2) is 0 Å². The molecule has 2 rings (SSSR count). The zero-order valence-electron chi connectivity index (χ0n) is 11.3. The summed E-state index contributed by atoms with van der Waals surface area (Å²) in [5.74, 6) is -1.38. The van der Waals surface area contributed by atoms with Crippen LogP contribution in [0.5, 0.6) is 5.75 Å². The molecule has 21 heavy (non-hydrogen) atoms. The van der Waals surface area contributed by atoms with E-state index in [-0.39, 0.29) is 17.7 Å². The van der Waals surface area contributed by atoms with Crippen molar-refractivity contribution in [1.29, 1.82) is 0 Å². The minimum atomic E-state index is -4.80. The number of rotatable bonds is 5. The van der Waals surface area contributed by atoms with E-state index in [1.54, 1.807) is 6.07 Å². The number of benzene rings is 1. The molecule has 1 aromatic carbocycles. The Hall–Kier alpha value is -1.76. The van der Waals surface area contributed by atoms with E-state index in [0.717, 1.165) is 12.8 Å². The standard InChI is InChI=1S/C14H16F3NO3/c15-14(16,17)21-12-6-2-1-5-10(12)11(9-13(19)20)18-7-3-4-8-18/h1-2,5-6,11H,3-4,7-9H2,(H,19,20). The molecule has 0 saturated carbocycles. The molecule has 1 saturated heterocycles. The summed E-state index contributed by atoms with van der Waals surface area (Å²) >= 11 is 0. The number of carboxylic acid groups (broad SMARTS) is 1. The van der Waals surface area contributed by atoms with E-state index >= 15 is 0 Å². The van der Waals surface area contributed by atoms with Crippen molar-refractivity contribution in [1.82, 2.24) is 4.90 Å². The SMILES string of the molecule is O=C(O)CC(c1ccccc1OC(F)(F)F)N1CCCC1. The van der Waals surface area contributed by atoms with Crippen molar-refractivity contribution in [2.24, 2.45) is 0 Å². The third-order valence-electron chi connectivity index (χ3n) is 3.45. The van der Waals surface area contributed by atoms with Gasteiger partial charge in [-0.15, -0.1) is 13.2 Å². The van der Waals surface area contributed by atoms with Crippen LogP contribution >= 0.6 is 0 Å². The second kappa shape index (κ2) is 6.34. The van der Waals surface area contributed by atoms with Gasteiger partial charge in [-0.25, -0.2) is 0 Å². The molecule has 7 heteroatoms. The summed E-state index contributed by atoms with van der Waals surface area (Å²) in [6.07, 6.45) is -3.22. The van der Waals surface area contributed by atoms with Crippen LogP contribution in [0.4, 0.5) is 13.2 Å². The minimum absolute atomic E-state index is 0.252. The lowest BCUT2D eigenvalue weighted by Gasteiger charge is -2.28. The lowest BCUT2D eigenvalue weighted by molar-refractivity contribution is -0.275. The number of halogens is 3. The van der Waals surface area contributed by atoms with Gasteiger partial charge in [0, 0.05) is 11.6 Å². The molecule has 1 heterocycles. The van der Waals surface area contributed by atoms with Crippen molar-refractivity contribution in [3.05, 3.63) is 29.8 Å². The molecule has 1 N–H and O–H groups in total. The molecule has 0 amide bonds. The first kappa shape index (κ1) is 15.6. The van der Waals surface area contributed by atoms with Crippen molar-refractivity contribution in [2.45, 2.75) is 31.7 Å². The van der Waals surface area contributed by atoms with E-state index in [9.17, 15) is 18.0 Å². The van der Waals surface area contributed by atoms with Crippen LogP contribution in [0.1, 0.15) is 30.9 Å². The molecular weight excluding hydrogens is 287 g/mol. The van der Waals surface area contributed by atoms with Crippen LogP contribution in [0.2, 0.25) is 0 Å². The van der Waals surface area contributed by atoms with Gasteiger partial charge in [-0.1, -0.05) is 18.2 Å². The highest BCUT2D eigenvalue weighted by atomic mass is 19.4. The number of aliphatic carboxylic acids is 1. The van der Waals surface area contributed by atoms with Crippen LogP contribution in [0, 0.1) is 0 Å². The minimum Gasteiger partial charge on any atom is -0.481 e. The van der Waals surface area contributed by atoms with Gasteiger partial charge < -0.3 is 9.84 Å². The van der Waals surface area contributed by atoms with Crippen LogP contribution in [0.15, 0.2) is 24.3 Å². The van der Waals surface area contributed by atoms with E-state index in [2.05, 4.69) is 4.74 Å². The van der Waals surface area contributed by atoms with Gasteiger partial charge >= 0.3 is 12.3 Å². The second-order valence-corrected chi connectivity index (χ2v) is 4.94. The van der Waals surface area contributed by atoms with E-state index in [1.165, 1.54) is 18.2 Å². The molecular formula is C14H16F3NO3. The summed E-state index contributed by atoms with van der Waals surface area (Å²) in [6.45, 7) is 1.36. The van der Waals surface area contributed by atoms with Crippen LogP contribution in [0.25, 0.3) is 0 Å². The Morgan fingerprint density at radius 1 is 1.29 bits per heavy atom. The first-order valence-corrected chi connectivity index (χ1v) is 6.67. The Morgan fingerprint density at radius 3 is 2.48 bits per heavy atom. The highest BCUT2D eigenvalue weighted by Crippen LogP contribution is 2.36. The van der Waals surface area contributed by atoms with Crippen LogP contribution < -0.4 is 4.74 Å². The molecule has 1 fully saturated rings. The third-order valence-corrected chi connectivity index (χ3v) is 3.45. The van der Waals surface area contributed by atoms with Gasteiger partial charge in [0.2, 0.25) is 0 Å². The number of hydrogen-bond acceptors (Lipinski definition) is 3. The number of carboxylic acids is 1. The summed E-state index contributed by atoms with van der Waals surface area (Å²) in [6, 6.07) is 5.12. The Balaban J connectivity index is 2.32. The normalized spacial score (nSPS) is 17.7. The molecule has 0 aromatic heterocycles. The van der Waals surface area contributed by atoms with Gasteiger partial charge in [-0.3, -0.25) is 9.69 Å². The number of nitrogens with zero attached hydrogens (tertiary/aromatic N) is 1. The molecule has 0 aliphatic carbocycles. The quantitative estimate of drug-likeness (QED) is 0.907. The molecule has 0 radical (unpaired) electrons. The topological polar surface area (TPSA) is 49.8 Å². The Kier molecular flexibility index (Phi) is 4.72. The zero-order valence-corrected chi connectivity index (χ0v) is 11.3. The van der Waals surface area contributed by atoms with E-state index in [1.807, 2.05) is 4.90 Å². The summed E-state index contributed by atoms with van der Waals surface area (Å²) in [4.78, 5) is 12.9. The fourth-order valence-electron chi connectivity index (χ4n) is 2.63. The summed E-state index contributed by atoms with van der Waals surface area (Å²) < 4.78 is 41.5. The first-order chi connectivity index (χ1) is 9.87. The lowest BCUT2D eigenvalue weighted by Crippen LogP contribution is -2.29. The highest BCUT2D eigenvalue weighted by Gasteiger charge is 2.34. The Bertz CT molecular complexity index is 498. The molecule has 1 aromatic rings. The van der Waals surface area contributed by atoms with Gasteiger partial charge in [0.05, 0.1) is 6.42 Å². The van der Waals surface area contributed by atoms with Crippen molar-refractivity contribution in [3.8, 4) is 5.75 Å². The van der Waals surface area contributed by atoms with Gasteiger partial charge in [0.1, 0.15) is 5.75 Å². The maximum Gasteiger partial charge on any atom is 0.573 e. The van der Waals surface area contributed by atoms with Gasteiger partial charge in [0.25, 0.3) is 0 Å². The zero-order chi connectivity index (χ0) is 15.5. The smallest absolute Gasteiger partial charge is 0.481 e. The second-order valence-electron chi connectivity index (χ2n) is 4.94. The fourth-order valence-corrected chi connectivity index (χ4v) is 2.63. The molecule has 1 atom stereocenters. The van der Waals surface area contributed by atoms with Crippen LogP contribution in [-0.4, -0.2) is 35.4 Å². The third kappa shape index (κ3) is 4.35. The first-order valence-electron chi connectivity index (χ1n) is 6.67. The average molecular weight is 303 g/mol. The van der Waals surface area contributed by atoms with Gasteiger partial charge in [-0.2, -0.15) is 0 Å². The van der Waals surface area contributed by atoms with E-state index in [4.69, 9.17) is 5.11 Å². The van der Waals surface area contributed by atoms with Crippen molar-refractivity contribution >= 4 is 5.97 Å². The van der Waals surface area contributed by atoms with E-state index < -0.39 is 18.4 Å². The molecule has 1 aliphatic heterocycles. The average Bonchev–Trinajstić information content (AvgIpc) is 2.88. The van der Waals surface area contributed by atoms with Crippen molar-refractivity contribution < 1.29 is 27.8 Å². The predicted molar refractivity (Wildman–Crippen MR) is 68.9 cm³/mol. The number of para-hydroxylation sites is 1. The van der Waals surface area contributed by atoms with Crippen molar-refractivity contribution in [2.75, 3.05) is 13.1 Å². The molecule has 1 aliphatic rings. The molecule has 116 valence electrons. The summed E-state index contributed by atoms with van der Waals surface area (Å²) in [5, 5.41) is 9.04. The summed E-state index contributed by atoms with van der Waals surface area (Å²) in [5.41, 5.74) is 0.263. The number of ether oxygens (including phenoxy) is 1. The summed E-state index contributed by atoms with van der Waals surface area (Å²) in [7, 11) is 0. The molecule has 0 bridgehead atoms. The fraction of sp³-hybridized carbons (Fsp3) is 0.500. The molecule has 4 nitrogen and oxygen atoms in total. The largest absolute Gasteiger partial charge is 0.573 e. The van der Waals surface area contributed by atoms with E-state index in [0.29, 0.717) is 13.1 Å². The number of carbonyl (C=O) groups is 1. The molecule has 1 unspecified atom stereocenters. The number of alkyl halides is 3. The molecule has 0 spiro atoms. The monoisotopic (exact) mass is 303 g/mol. The van der Waals surface area contributed by atoms with Gasteiger partial charge in [-0.05, 0) is 32.0 Å². The highest BCUT2D eigenvalue weighted by molar-refractivity contribution is 5.68. The number of hydrogen-bond donors (Lipinski definition) is 1. The van der Waals surface area contributed by atoms with Crippen LogP contribution in [0.3, 0.4) is 0 Å². The lowest BCUT2D eigenvalue weighted by atomic mass is 10.0.